The second kappa shape index (κ2) is 7.48. The van der Waals surface area contributed by atoms with Gasteiger partial charge in [0.15, 0.2) is 5.78 Å². The van der Waals surface area contributed by atoms with E-state index < -0.39 is 4.92 Å². The van der Waals surface area contributed by atoms with Crippen molar-refractivity contribution in [3.8, 4) is 11.4 Å². The van der Waals surface area contributed by atoms with Crippen molar-refractivity contribution < 1.29 is 14.5 Å². The van der Waals surface area contributed by atoms with Gasteiger partial charge in [-0.15, -0.1) is 0 Å². The number of nitro benzene ring substituents is 1. The second-order valence-corrected chi connectivity index (χ2v) is 5.48. The number of allylic oxidation sites excluding steroid dienone is 1. The Labute approximate surface area is 150 Å². The van der Waals surface area contributed by atoms with Crippen LogP contribution in [0.5, 0.6) is 5.75 Å². The fourth-order valence-electron chi connectivity index (χ4n) is 2.62. The van der Waals surface area contributed by atoms with E-state index >= 15 is 0 Å². The van der Waals surface area contributed by atoms with E-state index in [2.05, 4.69) is 0 Å². The number of rotatable bonds is 6. The van der Waals surface area contributed by atoms with Crippen LogP contribution in [-0.2, 0) is 0 Å². The van der Waals surface area contributed by atoms with Crippen LogP contribution in [0.1, 0.15) is 16.1 Å². The highest BCUT2D eigenvalue weighted by Gasteiger charge is 2.10. The van der Waals surface area contributed by atoms with Gasteiger partial charge in [0, 0.05) is 24.0 Å². The molecule has 0 radical (unpaired) electrons. The van der Waals surface area contributed by atoms with E-state index in [9.17, 15) is 14.9 Å². The molecule has 1 aromatic heterocycles. The predicted molar refractivity (Wildman–Crippen MR) is 98.8 cm³/mol. The summed E-state index contributed by atoms with van der Waals surface area (Å²) in [6.07, 6.45) is 4.92. The molecule has 6 nitrogen and oxygen atoms in total. The maximum atomic E-state index is 12.4. The molecule has 3 aromatic rings. The third kappa shape index (κ3) is 3.54. The molecule has 0 aliphatic rings. The summed E-state index contributed by atoms with van der Waals surface area (Å²) in [5, 5.41) is 11.0. The minimum atomic E-state index is -0.437. The van der Waals surface area contributed by atoms with Crippen molar-refractivity contribution in [1.82, 2.24) is 4.57 Å². The molecule has 3 rings (SSSR count). The largest absolute Gasteiger partial charge is 0.496 e. The third-order valence-electron chi connectivity index (χ3n) is 3.88. The van der Waals surface area contributed by atoms with Gasteiger partial charge < -0.3 is 9.30 Å². The second-order valence-electron chi connectivity index (χ2n) is 5.48. The van der Waals surface area contributed by atoms with E-state index in [0.717, 1.165) is 5.69 Å². The van der Waals surface area contributed by atoms with Crippen LogP contribution < -0.4 is 4.74 Å². The number of ether oxygens (including phenoxy) is 1. The minimum absolute atomic E-state index is 0.0104. The van der Waals surface area contributed by atoms with E-state index in [1.54, 1.807) is 53.2 Å². The van der Waals surface area contributed by atoms with Gasteiger partial charge in [0.2, 0.25) is 0 Å². The van der Waals surface area contributed by atoms with Crippen molar-refractivity contribution in [2.45, 2.75) is 0 Å². The maximum absolute atomic E-state index is 12.4. The van der Waals surface area contributed by atoms with Gasteiger partial charge in [0.25, 0.3) is 5.69 Å². The number of nitrogens with zero attached hydrogens (tertiary/aromatic N) is 2. The summed E-state index contributed by atoms with van der Waals surface area (Å²) in [5.41, 5.74) is 1.86. The first-order chi connectivity index (χ1) is 12.6. The van der Waals surface area contributed by atoms with Crippen LogP contribution in [0.4, 0.5) is 5.69 Å². The van der Waals surface area contributed by atoms with Crippen molar-refractivity contribution in [2.75, 3.05) is 7.11 Å². The first kappa shape index (κ1) is 17.2. The Morgan fingerprint density at radius 3 is 2.69 bits per heavy atom. The number of para-hydroxylation sites is 1. The van der Waals surface area contributed by atoms with Crippen molar-refractivity contribution in [1.29, 1.82) is 0 Å². The highest BCUT2D eigenvalue weighted by molar-refractivity contribution is 6.08. The highest BCUT2D eigenvalue weighted by Crippen LogP contribution is 2.21. The Morgan fingerprint density at radius 2 is 1.92 bits per heavy atom. The van der Waals surface area contributed by atoms with Crippen molar-refractivity contribution >= 4 is 17.5 Å². The lowest BCUT2D eigenvalue weighted by Gasteiger charge is -2.07. The molecule has 0 atom stereocenters. The standard InChI is InChI=1S/C20H16N2O4/c1-26-20-10-3-2-9-18(20)19(23)12-11-15-8-5-13-21(15)16-6-4-7-17(14-16)22(24)25/h2-14H,1H3/b12-11+. The normalized spacial score (nSPS) is 10.8. The number of non-ortho nitro benzene ring substituents is 1. The van der Waals surface area contributed by atoms with Crippen molar-refractivity contribution in [2.24, 2.45) is 0 Å². The van der Waals surface area contributed by atoms with Crippen molar-refractivity contribution in [3.63, 3.8) is 0 Å². The molecule has 130 valence electrons. The molecule has 0 amide bonds. The van der Waals surface area contributed by atoms with E-state index in [4.69, 9.17) is 4.74 Å². The number of hydrogen-bond acceptors (Lipinski definition) is 4. The lowest BCUT2D eigenvalue weighted by molar-refractivity contribution is -0.384. The van der Waals surface area contributed by atoms with Crippen LogP contribution in [0.2, 0.25) is 0 Å². The highest BCUT2D eigenvalue weighted by atomic mass is 16.6. The van der Waals surface area contributed by atoms with Gasteiger partial charge in [-0.1, -0.05) is 18.2 Å². The van der Waals surface area contributed by atoms with E-state index in [1.807, 2.05) is 12.1 Å². The van der Waals surface area contributed by atoms with Crippen LogP contribution >= 0.6 is 0 Å². The zero-order valence-corrected chi connectivity index (χ0v) is 14.0. The third-order valence-corrected chi connectivity index (χ3v) is 3.88. The molecule has 1 heterocycles. The van der Waals surface area contributed by atoms with Crippen LogP contribution in [0.15, 0.2) is 72.9 Å². The molecular formula is C20H16N2O4. The summed E-state index contributed by atoms with van der Waals surface area (Å²) in [6.45, 7) is 0. The fourth-order valence-corrected chi connectivity index (χ4v) is 2.62. The summed E-state index contributed by atoms with van der Waals surface area (Å²) in [4.78, 5) is 23.0. The molecule has 0 aliphatic heterocycles. The number of aromatic nitrogens is 1. The monoisotopic (exact) mass is 348 g/mol. The number of carbonyl (C=O) groups excluding carboxylic acids is 1. The van der Waals surface area contributed by atoms with E-state index in [-0.39, 0.29) is 11.5 Å². The van der Waals surface area contributed by atoms with Gasteiger partial charge in [-0.3, -0.25) is 14.9 Å². The molecule has 26 heavy (non-hydrogen) atoms. The van der Waals surface area contributed by atoms with Crippen LogP contribution in [-0.4, -0.2) is 22.4 Å². The molecular weight excluding hydrogens is 332 g/mol. The van der Waals surface area contributed by atoms with Crippen LogP contribution in [0, 0.1) is 10.1 Å². The number of benzene rings is 2. The topological polar surface area (TPSA) is 74.4 Å². The zero-order valence-electron chi connectivity index (χ0n) is 14.0. The smallest absolute Gasteiger partial charge is 0.271 e. The molecule has 0 aliphatic carbocycles. The van der Waals surface area contributed by atoms with E-state index in [1.165, 1.54) is 25.3 Å². The zero-order chi connectivity index (χ0) is 18.5. The fraction of sp³-hybridized carbons (Fsp3) is 0.0500. The number of carbonyl (C=O) groups is 1. The Kier molecular flexibility index (Phi) is 4.94. The van der Waals surface area contributed by atoms with Gasteiger partial charge in [0.05, 0.1) is 23.3 Å². The van der Waals surface area contributed by atoms with Crippen LogP contribution in [0.3, 0.4) is 0 Å². The number of nitro groups is 1. The number of ketones is 1. The first-order valence-electron chi connectivity index (χ1n) is 7.88. The summed E-state index contributed by atoms with van der Waals surface area (Å²) in [6, 6.07) is 17.0. The van der Waals surface area contributed by atoms with E-state index in [0.29, 0.717) is 17.0 Å². The SMILES string of the molecule is COc1ccccc1C(=O)/C=C/c1cccn1-c1cccc([N+](=O)[O-])c1. The lowest BCUT2D eigenvalue weighted by Crippen LogP contribution is -1.99. The summed E-state index contributed by atoms with van der Waals surface area (Å²) in [7, 11) is 1.52. The van der Waals surface area contributed by atoms with Gasteiger partial charge in [0.1, 0.15) is 5.75 Å². The van der Waals surface area contributed by atoms with Gasteiger partial charge in [-0.2, -0.15) is 0 Å². The Morgan fingerprint density at radius 1 is 1.12 bits per heavy atom. The Hall–Kier alpha value is -3.67. The molecule has 0 spiro atoms. The number of hydrogen-bond donors (Lipinski definition) is 0. The average molecular weight is 348 g/mol. The molecule has 0 bridgehead atoms. The molecule has 0 saturated heterocycles. The predicted octanol–water partition coefficient (Wildman–Crippen LogP) is 4.29. The molecule has 6 heteroatoms. The molecule has 0 saturated carbocycles. The molecule has 0 fully saturated rings. The minimum Gasteiger partial charge on any atom is -0.496 e. The number of methoxy groups -OCH3 is 1. The van der Waals surface area contributed by atoms with Crippen LogP contribution in [0.25, 0.3) is 11.8 Å². The summed E-state index contributed by atoms with van der Waals surface area (Å²) >= 11 is 0. The molecule has 0 N–H and O–H groups in total. The van der Waals surface area contributed by atoms with Gasteiger partial charge >= 0.3 is 0 Å². The average Bonchev–Trinajstić information content (AvgIpc) is 3.14. The summed E-state index contributed by atoms with van der Waals surface area (Å²) < 4.78 is 6.99. The lowest BCUT2D eigenvalue weighted by atomic mass is 10.1. The summed E-state index contributed by atoms with van der Waals surface area (Å²) in [5.74, 6) is 0.324. The van der Waals surface area contributed by atoms with Gasteiger partial charge in [-0.05, 0) is 42.5 Å². The quantitative estimate of drug-likeness (QED) is 0.288. The Bertz CT molecular complexity index is 989. The van der Waals surface area contributed by atoms with Gasteiger partial charge in [-0.25, -0.2) is 0 Å². The first-order valence-corrected chi connectivity index (χ1v) is 7.88. The molecule has 2 aromatic carbocycles. The van der Waals surface area contributed by atoms with Crippen molar-refractivity contribution in [3.05, 3.63) is 94.3 Å². The maximum Gasteiger partial charge on any atom is 0.271 e. The Balaban J connectivity index is 1.90. The molecule has 0 unspecified atom stereocenters.